The summed E-state index contributed by atoms with van der Waals surface area (Å²) in [5, 5.41) is 40.6. The number of ether oxygens (including phenoxy) is 2. The second-order valence-electron chi connectivity index (χ2n) is 15.9. The lowest BCUT2D eigenvalue weighted by atomic mass is 9.40. The third kappa shape index (κ3) is 4.52. The normalized spacial score (nSPS) is 53.5. The van der Waals surface area contributed by atoms with Gasteiger partial charge in [-0.25, -0.2) is 9.78 Å². The fraction of sp³-hybridized carbons (Fsp3) is 0.941. The van der Waals surface area contributed by atoms with Gasteiger partial charge in [-0.1, -0.05) is 53.7 Å². The molecule has 3 saturated heterocycles. The first kappa shape index (κ1) is 31.4. The quantitative estimate of drug-likeness (QED) is 0.194. The van der Waals surface area contributed by atoms with E-state index in [2.05, 4.69) is 53.7 Å². The van der Waals surface area contributed by atoms with Crippen LogP contribution in [-0.2, 0) is 19.2 Å². The van der Waals surface area contributed by atoms with Crippen molar-refractivity contribution in [2.24, 2.45) is 46.3 Å². The molecule has 8 nitrogen and oxygen atoms in total. The van der Waals surface area contributed by atoms with E-state index in [1.54, 1.807) is 0 Å². The van der Waals surface area contributed by atoms with Gasteiger partial charge in [0.15, 0.2) is 6.29 Å². The number of rotatable bonds is 7. The zero-order valence-electron chi connectivity index (χ0n) is 26.6. The summed E-state index contributed by atoms with van der Waals surface area (Å²) in [6.45, 7) is 13.8. The first-order chi connectivity index (χ1) is 19.8. The lowest BCUT2D eigenvalue weighted by Crippen LogP contribution is -2.75. The lowest BCUT2D eigenvalue weighted by molar-refractivity contribution is -0.537. The zero-order chi connectivity index (χ0) is 30.2. The molecule has 15 atom stereocenters. The third-order valence-electron chi connectivity index (χ3n) is 13.8. The van der Waals surface area contributed by atoms with Crippen LogP contribution in [-0.4, -0.2) is 75.0 Å². The third-order valence-corrected chi connectivity index (χ3v) is 13.8. The fourth-order valence-corrected chi connectivity index (χ4v) is 10.8. The molecule has 7 rings (SSSR count). The minimum absolute atomic E-state index is 0.0314. The van der Waals surface area contributed by atoms with Crippen LogP contribution in [0.25, 0.3) is 0 Å². The van der Waals surface area contributed by atoms with Gasteiger partial charge in [0, 0.05) is 11.8 Å². The van der Waals surface area contributed by atoms with Crippen molar-refractivity contribution in [1.82, 2.24) is 0 Å². The molecule has 4 N–H and O–H groups in total. The van der Waals surface area contributed by atoms with Crippen molar-refractivity contribution < 1.29 is 39.7 Å². The number of hydrogen-bond acceptors (Lipinski definition) is 8. The van der Waals surface area contributed by atoms with Crippen molar-refractivity contribution in [3.05, 3.63) is 12.2 Å². The molecule has 8 heteroatoms. The van der Waals surface area contributed by atoms with Gasteiger partial charge in [0.2, 0.25) is 0 Å². The summed E-state index contributed by atoms with van der Waals surface area (Å²) < 4.78 is 11.9. The van der Waals surface area contributed by atoms with Gasteiger partial charge in [-0.2, -0.15) is 0 Å². The van der Waals surface area contributed by atoms with Gasteiger partial charge in [-0.3, -0.25) is 0 Å². The molecule has 7 unspecified atom stereocenters. The Bertz CT molecular complexity index is 1010. The van der Waals surface area contributed by atoms with Gasteiger partial charge in [-0.15, -0.1) is 0 Å². The SMILES string of the molecule is CC(C)C(C)C=C[C@@H](C)[C@H]1CCC2C34CCC5(CC(OC6O[C@H](CO)[C@@H](O)[C@H](O)[C@H]6O)CC[C@]5(C)C3CC[C@@]21C)OO4. The van der Waals surface area contributed by atoms with E-state index in [-0.39, 0.29) is 22.5 Å². The average Bonchev–Trinajstić information content (AvgIpc) is 3.33. The molecule has 0 aromatic heterocycles. The Morgan fingerprint density at radius 2 is 1.60 bits per heavy atom. The van der Waals surface area contributed by atoms with Crippen molar-refractivity contribution in [3.63, 3.8) is 0 Å². The molecular formula is C34H56O8. The van der Waals surface area contributed by atoms with Crippen LogP contribution in [0.2, 0.25) is 0 Å². The van der Waals surface area contributed by atoms with E-state index in [9.17, 15) is 20.4 Å². The largest absolute Gasteiger partial charge is 0.394 e. The standard InChI is InChI=1S/C34H56O8/c1-19(2)20(3)7-8-21(4)23-9-10-25-31(23,5)13-12-26-32(6)14-11-22(17-33(32)15-16-34(25,26)42-41-33)39-30-29(38)28(37)27(36)24(18-35)40-30/h7-8,19-30,35-38H,9-18H2,1-6H3/t20?,21-,22?,23-,24-,25?,26?,27-,28+,29-,30?,31-,32-,33?,34?/m1/s1. The van der Waals surface area contributed by atoms with E-state index in [0.29, 0.717) is 41.9 Å². The Morgan fingerprint density at radius 3 is 2.26 bits per heavy atom. The highest BCUT2D eigenvalue weighted by Gasteiger charge is 2.76. The molecule has 0 amide bonds. The molecule has 240 valence electrons. The van der Waals surface area contributed by atoms with Crippen molar-refractivity contribution in [2.45, 2.75) is 147 Å². The molecule has 7 fully saturated rings. The first-order valence-corrected chi connectivity index (χ1v) is 16.8. The summed E-state index contributed by atoms with van der Waals surface area (Å²) in [6.07, 6.45) is 7.47. The van der Waals surface area contributed by atoms with Gasteiger partial charge in [0.25, 0.3) is 0 Å². The van der Waals surface area contributed by atoms with Crippen LogP contribution in [0.5, 0.6) is 0 Å². The first-order valence-electron chi connectivity index (χ1n) is 16.8. The molecule has 0 radical (unpaired) electrons. The molecule has 42 heavy (non-hydrogen) atoms. The van der Waals surface area contributed by atoms with Crippen molar-refractivity contribution in [3.8, 4) is 0 Å². The minimum Gasteiger partial charge on any atom is -0.394 e. The van der Waals surface area contributed by atoms with E-state index in [1.807, 2.05) is 0 Å². The molecule has 3 heterocycles. The summed E-state index contributed by atoms with van der Waals surface area (Å²) in [4.78, 5) is 13.3. The predicted octanol–water partition coefficient (Wildman–Crippen LogP) is 4.52. The Balaban J connectivity index is 1.18. The number of aliphatic hydroxyl groups is 4. The number of aliphatic hydroxyl groups excluding tert-OH is 4. The molecule has 4 aliphatic carbocycles. The van der Waals surface area contributed by atoms with Crippen molar-refractivity contribution in [1.29, 1.82) is 0 Å². The highest BCUT2D eigenvalue weighted by atomic mass is 17.2. The zero-order valence-corrected chi connectivity index (χ0v) is 26.6. The molecular weight excluding hydrogens is 536 g/mol. The number of allylic oxidation sites excluding steroid dienone is 2. The molecule has 7 aliphatic rings. The van der Waals surface area contributed by atoms with Gasteiger partial charge < -0.3 is 29.9 Å². The number of fused-ring (bicyclic) bond motifs is 3. The molecule has 3 aliphatic heterocycles. The molecule has 2 bridgehead atoms. The van der Waals surface area contributed by atoms with Crippen LogP contribution in [0.4, 0.5) is 0 Å². The predicted molar refractivity (Wildman–Crippen MR) is 157 cm³/mol. The second-order valence-corrected chi connectivity index (χ2v) is 15.9. The summed E-state index contributed by atoms with van der Waals surface area (Å²) in [5.41, 5.74) is -0.499. The Labute approximate surface area is 252 Å². The van der Waals surface area contributed by atoms with E-state index in [4.69, 9.17) is 19.2 Å². The lowest BCUT2D eigenvalue weighted by Gasteiger charge is -2.72. The number of hydrogen-bond donors (Lipinski definition) is 4. The maximum atomic E-state index is 10.6. The van der Waals surface area contributed by atoms with Gasteiger partial charge in [0.1, 0.15) is 35.6 Å². The molecule has 0 aromatic rings. The summed E-state index contributed by atoms with van der Waals surface area (Å²) in [5.74, 6) is 3.37. The van der Waals surface area contributed by atoms with Gasteiger partial charge >= 0.3 is 0 Å². The summed E-state index contributed by atoms with van der Waals surface area (Å²) >= 11 is 0. The summed E-state index contributed by atoms with van der Waals surface area (Å²) in [6, 6.07) is 0. The maximum Gasteiger partial charge on any atom is 0.186 e. The van der Waals surface area contributed by atoms with Crippen LogP contribution < -0.4 is 0 Å². The maximum absolute atomic E-state index is 10.6. The van der Waals surface area contributed by atoms with Crippen LogP contribution >= 0.6 is 0 Å². The van der Waals surface area contributed by atoms with Gasteiger partial charge in [-0.05, 0) is 92.3 Å². The Morgan fingerprint density at radius 1 is 0.833 bits per heavy atom. The van der Waals surface area contributed by atoms with E-state index >= 15 is 0 Å². The second kappa shape index (κ2) is 11.0. The van der Waals surface area contributed by atoms with Crippen LogP contribution in [0.15, 0.2) is 12.2 Å². The molecule has 4 saturated carbocycles. The van der Waals surface area contributed by atoms with Crippen LogP contribution in [0.1, 0.15) is 99.3 Å². The highest BCUT2D eigenvalue weighted by Crippen LogP contribution is 2.74. The fourth-order valence-electron chi connectivity index (χ4n) is 10.8. The average molecular weight is 593 g/mol. The van der Waals surface area contributed by atoms with Crippen LogP contribution in [0, 0.1) is 46.3 Å². The van der Waals surface area contributed by atoms with Crippen molar-refractivity contribution in [2.75, 3.05) is 6.61 Å². The topological polar surface area (TPSA) is 118 Å². The van der Waals surface area contributed by atoms with Gasteiger partial charge in [0.05, 0.1) is 12.7 Å². The van der Waals surface area contributed by atoms with Crippen molar-refractivity contribution >= 4 is 0 Å². The van der Waals surface area contributed by atoms with Crippen LogP contribution in [0.3, 0.4) is 0 Å². The Kier molecular flexibility index (Phi) is 8.26. The summed E-state index contributed by atoms with van der Waals surface area (Å²) in [7, 11) is 0. The molecule has 0 aromatic carbocycles. The highest BCUT2D eigenvalue weighted by molar-refractivity contribution is 5.23. The van der Waals surface area contributed by atoms with E-state index in [1.165, 1.54) is 19.3 Å². The Hall–Kier alpha value is -0.580. The molecule has 2 spiro atoms. The smallest absolute Gasteiger partial charge is 0.186 e. The monoisotopic (exact) mass is 592 g/mol. The van der Waals surface area contributed by atoms with E-state index in [0.717, 1.165) is 32.1 Å². The minimum atomic E-state index is -1.44. The van der Waals surface area contributed by atoms with E-state index < -0.39 is 42.9 Å².